The number of nitrogens with zero attached hydrogens (tertiary/aromatic N) is 5. The van der Waals surface area contributed by atoms with Crippen LogP contribution in [0.4, 0.5) is 0 Å². The van der Waals surface area contributed by atoms with Crippen LogP contribution in [-0.2, 0) is 17.9 Å². The second-order valence-corrected chi connectivity index (χ2v) is 13.3. The molecule has 0 aliphatic rings. The molecule has 0 N–H and O–H groups in total. The first kappa shape index (κ1) is 16.7. The number of aromatic nitrogens is 5. The van der Waals surface area contributed by atoms with E-state index in [9.17, 15) is 0 Å². The molecule has 0 fully saturated rings. The zero-order valence-electron chi connectivity index (χ0n) is 12.5. The van der Waals surface area contributed by atoms with Gasteiger partial charge in [0, 0.05) is 31.8 Å². The van der Waals surface area contributed by atoms with Gasteiger partial charge in [0.15, 0.2) is 6.73 Å². The van der Waals surface area contributed by atoms with Crippen LogP contribution in [-0.4, -0.2) is 45.2 Å². The molecular formula is C12H20BrN5OSSi. The molecule has 0 saturated carbocycles. The summed E-state index contributed by atoms with van der Waals surface area (Å²) in [7, 11) is -1.05. The fraction of sp³-hybridized carbons (Fsp3) is 0.667. The molecule has 2 aromatic rings. The number of aryl methyl sites for hydroxylation is 1. The summed E-state index contributed by atoms with van der Waals surface area (Å²) in [5.41, 5.74) is 0.782. The fourth-order valence-electron chi connectivity index (χ4n) is 1.53. The van der Waals surface area contributed by atoms with Crippen LogP contribution in [0.3, 0.4) is 0 Å². The SMILES string of the molecule is C[Si](C)(C)CCOCn1nnc(-c2csc(CCBr)n2)n1. The number of ether oxygens (including phenoxy) is 1. The van der Waals surface area contributed by atoms with Crippen molar-refractivity contribution >= 4 is 35.3 Å². The molecule has 6 nitrogen and oxygen atoms in total. The highest BCUT2D eigenvalue weighted by atomic mass is 79.9. The van der Waals surface area contributed by atoms with Crippen LogP contribution in [0.5, 0.6) is 0 Å². The largest absolute Gasteiger partial charge is 0.358 e. The molecule has 0 aliphatic carbocycles. The van der Waals surface area contributed by atoms with Gasteiger partial charge in [-0.05, 0) is 11.3 Å². The molecule has 116 valence electrons. The number of hydrogen-bond donors (Lipinski definition) is 0. The van der Waals surface area contributed by atoms with Crippen molar-refractivity contribution in [1.29, 1.82) is 0 Å². The van der Waals surface area contributed by atoms with Crippen molar-refractivity contribution in [1.82, 2.24) is 25.2 Å². The van der Waals surface area contributed by atoms with E-state index in [-0.39, 0.29) is 0 Å². The lowest BCUT2D eigenvalue weighted by atomic mass is 10.4. The van der Waals surface area contributed by atoms with Crippen LogP contribution >= 0.6 is 27.3 Å². The summed E-state index contributed by atoms with van der Waals surface area (Å²) in [6.45, 7) is 8.08. The molecule has 0 amide bonds. The third-order valence-electron chi connectivity index (χ3n) is 2.75. The van der Waals surface area contributed by atoms with Crippen molar-refractivity contribution in [2.24, 2.45) is 0 Å². The van der Waals surface area contributed by atoms with Gasteiger partial charge < -0.3 is 4.74 Å². The Morgan fingerprint density at radius 3 is 2.90 bits per heavy atom. The summed E-state index contributed by atoms with van der Waals surface area (Å²) in [6.07, 6.45) is 0.915. The summed E-state index contributed by atoms with van der Waals surface area (Å²) in [6, 6.07) is 1.14. The van der Waals surface area contributed by atoms with Gasteiger partial charge in [0.2, 0.25) is 5.82 Å². The molecule has 0 spiro atoms. The Labute approximate surface area is 138 Å². The molecule has 0 bridgehead atoms. The first-order chi connectivity index (χ1) is 9.98. The van der Waals surface area contributed by atoms with Crippen molar-refractivity contribution in [3.05, 3.63) is 10.4 Å². The summed E-state index contributed by atoms with van der Waals surface area (Å²) >= 11 is 5.03. The second-order valence-electron chi connectivity index (χ2n) is 5.90. The maximum atomic E-state index is 5.60. The lowest BCUT2D eigenvalue weighted by Crippen LogP contribution is -2.22. The molecule has 21 heavy (non-hydrogen) atoms. The topological polar surface area (TPSA) is 65.7 Å². The maximum absolute atomic E-state index is 5.60. The Morgan fingerprint density at radius 2 is 2.19 bits per heavy atom. The van der Waals surface area contributed by atoms with Crippen molar-refractivity contribution < 1.29 is 4.74 Å². The van der Waals surface area contributed by atoms with E-state index in [1.165, 1.54) is 4.80 Å². The Balaban J connectivity index is 1.86. The third kappa shape index (κ3) is 5.57. The fourth-order valence-corrected chi connectivity index (χ4v) is 3.71. The number of thiazole rings is 1. The van der Waals surface area contributed by atoms with Gasteiger partial charge in [0.25, 0.3) is 0 Å². The lowest BCUT2D eigenvalue weighted by molar-refractivity contribution is 0.0674. The van der Waals surface area contributed by atoms with E-state index in [0.717, 1.165) is 35.1 Å². The third-order valence-corrected chi connectivity index (χ3v) is 5.75. The summed E-state index contributed by atoms with van der Waals surface area (Å²) < 4.78 is 5.60. The number of alkyl halides is 1. The highest BCUT2D eigenvalue weighted by Crippen LogP contribution is 2.18. The van der Waals surface area contributed by atoms with Crippen molar-refractivity contribution in [2.45, 2.75) is 38.8 Å². The van der Waals surface area contributed by atoms with E-state index >= 15 is 0 Å². The average molecular weight is 390 g/mol. The van der Waals surface area contributed by atoms with Gasteiger partial charge in [0.1, 0.15) is 5.69 Å². The summed E-state index contributed by atoms with van der Waals surface area (Å²) in [5, 5.41) is 16.3. The lowest BCUT2D eigenvalue weighted by Gasteiger charge is -2.14. The van der Waals surface area contributed by atoms with E-state index in [0.29, 0.717) is 12.6 Å². The molecule has 0 aliphatic heterocycles. The number of tetrazole rings is 1. The van der Waals surface area contributed by atoms with Crippen LogP contribution in [0.15, 0.2) is 5.38 Å². The predicted molar refractivity (Wildman–Crippen MR) is 90.5 cm³/mol. The predicted octanol–water partition coefficient (Wildman–Crippen LogP) is 3.05. The molecule has 0 atom stereocenters. The Morgan fingerprint density at radius 1 is 1.38 bits per heavy atom. The van der Waals surface area contributed by atoms with Gasteiger partial charge in [-0.1, -0.05) is 35.6 Å². The van der Waals surface area contributed by atoms with Gasteiger partial charge in [-0.3, -0.25) is 0 Å². The van der Waals surface area contributed by atoms with E-state index < -0.39 is 8.07 Å². The summed E-state index contributed by atoms with van der Waals surface area (Å²) in [4.78, 5) is 5.96. The molecular weight excluding hydrogens is 370 g/mol. The van der Waals surface area contributed by atoms with Crippen molar-refractivity contribution in [3.8, 4) is 11.5 Å². The summed E-state index contributed by atoms with van der Waals surface area (Å²) in [5.74, 6) is 0.556. The molecule has 0 aromatic carbocycles. The van der Waals surface area contributed by atoms with E-state index in [1.54, 1.807) is 11.3 Å². The first-order valence-corrected chi connectivity index (χ1v) is 12.5. The highest BCUT2D eigenvalue weighted by molar-refractivity contribution is 9.09. The maximum Gasteiger partial charge on any atom is 0.224 e. The van der Waals surface area contributed by atoms with Gasteiger partial charge in [-0.25, -0.2) is 4.98 Å². The normalized spacial score (nSPS) is 12.0. The second kappa shape index (κ2) is 7.57. The van der Waals surface area contributed by atoms with Gasteiger partial charge in [-0.2, -0.15) is 0 Å². The number of rotatable bonds is 8. The van der Waals surface area contributed by atoms with Gasteiger partial charge >= 0.3 is 0 Å². The number of halogens is 1. The minimum absolute atomic E-state index is 0.343. The standard InChI is InChI=1S/C12H20BrN5OSSi/c1-21(2,3)7-6-19-9-18-16-12(15-17-18)10-8-20-11(14-10)4-5-13/h8H,4-7,9H2,1-3H3. The zero-order chi connectivity index (χ0) is 15.3. The average Bonchev–Trinajstić information content (AvgIpc) is 3.02. The molecule has 0 unspecified atom stereocenters. The van der Waals surface area contributed by atoms with Crippen LogP contribution < -0.4 is 0 Å². The minimum Gasteiger partial charge on any atom is -0.358 e. The quantitative estimate of drug-likeness (QED) is 0.394. The molecule has 2 rings (SSSR count). The van der Waals surface area contributed by atoms with Crippen LogP contribution in [0, 0.1) is 0 Å². The van der Waals surface area contributed by atoms with E-state index in [1.807, 2.05) is 5.38 Å². The van der Waals surface area contributed by atoms with E-state index in [2.05, 4.69) is 56.0 Å². The first-order valence-electron chi connectivity index (χ1n) is 6.84. The van der Waals surface area contributed by atoms with Gasteiger partial charge in [-0.15, -0.1) is 26.3 Å². The molecule has 0 radical (unpaired) electrons. The van der Waals surface area contributed by atoms with Crippen LogP contribution in [0.2, 0.25) is 25.7 Å². The van der Waals surface area contributed by atoms with Crippen molar-refractivity contribution in [3.63, 3.8) is 0 Å². The van der Waals surface area contributed by atoms with Crippen LogP contribution in [0.25, 0.3) is 11.5 Å². The Kier molecular flexibility index (Phi) is 6.03. The minimum atomic E-state index is -1.05. The highest BCUT2D eigenvalue weighted by Gasteiger charge is 2.13. The Bertz CT molecular complexity index is 568. The zero-order valence-corrected chi connectivity index (χ0v) is 15.9. The number of hydrogen-bond acceptors (Lipinski definition) is 6. The molecule has 2 aromatic heterocycles. The molecule has 0 saturated heterocycles. The van der Waals surface area contributed by atoms with Crippen LogP contribution in [0.1, 0.15) is 5.01 Å². The van der Waals surface area contributed by atoms with Crippen molar-refractivity contribution in [2.75, 3.05) is 11.9 Å². The monoisotopic (exact) mass is 389 g/mol. The smallest absolute Gasteiger partial charge is 0.224 e. The molecule has 9 heteroatoms. The Hall–Kier alpha value is -0.643. The van der Waals surface area contributed by atoms with E-state index in [4.69, 9.17) is 4.74 Å². The van der Waals surface area contributed by atoms with Gasteiger partial charge in [0.05, 0.1) is 5.01 Å². The molecule has 2 heterocycles.